The van der Waals surface area contributed by atoms with Gasteiger partial charge in [-0.15, -0.1) is 0 Å². The minimum Gasteiger partial charge on any atom is -0.483 e. The van der Waals surface area contributed by atoms with E-state index in [0.717, 1.165) is 13.0 Å². The van der Waals surface area contributed by atoms with Gasteiger partial charge in [0.1, 0.15) is 12.3 Å². The zero-order chi connectivity index (χ0) is 23.0. The highest BCUT2D eigenvalue weighted by atomic mass is 19.1. The first-order valence-electron chi connectivity index (χ1n) is 11.0. The number of fused-ring (bicyclic) bond motifs is 1. The van der Waals surface area contributed by atoms with E-state index in [1.165, 1.54) is 7.11 Å². The molecule has 1 fully saturated rings. The van der Waals surface area contributed by atoms with Gasteiger partial charge in [0.05, 0.1) is 30.2 Å². The first-order valence-corrected chi connectivity index (χ1v) is 11.0. The number of alkyl halides is 1. The minimum atomic E-state index is -1.03. The molecule has 1 saturated carbocycles. The van der Waals surface area contributed by atoms with Gasteiger partial charge in [0, 0.05) is 6.54 Å². The van der Waals surface area contributed by atoms with Crippen molar-refractivity contribution in [2.24, 2.45) is 5.92 Å². The van der Waals surface area contributed by atoms with Crippen LogP contribution in [0.2, 0.25) is 0 Å². The predicted molar refractivity (Wildman–Crippen MR) is 115 cm³/mol. The molecule has 32 heavy (non-hydrogen) atoms. The van der Waals surface area contributed by atoms with Crippen molar-refractivity contribution in [3.8, 4) is 0 Å². The third-order valence-corrected chi connectivity index (χ3v) is 6.53. The Hall–Kier alpha value is -2.74. The van der Waals surface area contributed by atoms with E-state index in [0.29, 0.717) is 36.1 Å². The van der Waals surface area contributed by atoms with E-state index in [1.807, 2.05) is 19.0 Å². The van der Waals surface area contributed by atoms with E-state index in [2.05, 4.69) is 0 Å². The normalized spacial score (nSPS) is 27.3. The lowest BCUT2D eigenvalue weighted by Crippen LogP contribution is -2.42. The van der Waals surface area contributed by atoms with Gasteiger partial charge in [-0.2, -0.15) is 0 Å². The molecule has 0 radical (unpaired) electrons. The summed E-state index contributed by atoms with van der Waals surface area (Å²) in [7, 11) is 5.23. The van der Waals surface area contributed by atoms with Crippen LogP contribution in [-0.4, -0.2) is 74.0 Å². The number of nitrogens with zero attached hydrogens (tertiary/aromatic N) is 2. The topological polar surface area (TPSA) is 76.1 Å². The largest absolute Gasteiger partial charge is 0.483 e. The molecule has 8 heteroatoms. The Morgan fingerprint density at radius 3 is 2.59 bits per heavy atom. The molecule has 4 atom stereocenters. The number of rotatable bonds is 6. The van der Waals surface area contributed by atoms with Crippen LogP contribution < -0.4 is 0 Å². The fourth-order valence-corrected chi connectivity index (χ4v) is 4.92. The number of halogens is 1. The number of amides is 1. The summed E-state index contributed by atoms with van der Waals surface area (Å²) in [6.07, 6.45) is 0.155. The third-order valence-electron chi connectivity index (χ3n) is 6.53. The summed E-state index contributed by atoms with van der Waals surface area (Å²) in [5, 5.41) is 0. The molecular formula is C24H29FN2O5. The Morgan fingerprint density at radius 2 is 1.94 bits per heavy atom. The second-order valence-electron chi connectivity index (χ2n) is 8.95. The van der Waals surface area contributed by atoms with Crippen molar-refractivity contribution >= 4 is 17.7 Å². The van der Waals surface area contributed by atoms with E-state index < -0.39 is 30.2 Å². The Balaban J connectivity index is 1.70. The van der Waals surface area contributed by atoms with Crippen molar-refractivity contribution in [3.63, 3.8) is 0 Å². The highest BCUT2D eigenvalue weighted by Crippen LogP contribution is 2.47. The fourth-order valence-electron chi connectivity index (χ4n) is 4.92. The maximum absolute atomic E-state index is 14.1. The smallest absolute Gasteiger partial charge is 0.337 e. The van der Waals surface area contributed by atoms with Gasteiger partial charge < -0.3 is 19.3 Å². The molecule has 1 aromatic carbocycles. The molecule has 0 bridgehead atoms. The number of carbonyl (C=O) groups is 3. The highest BCUT2D eigenvalue weighted by Gasteiger charge is 2.52. The number of hydrogen-bond donors (Lipinski definition) is 0. The summed E-state index contributed by atoms with van der Waals surface area (Å²) in [5.74, 6) is -1.40. The van der Waals surface area contributed by atoms with E-state index in [-0.39, 0.29) is 23.9 Å². The maximum atomic E-state index is 14.1. The first-order chi connectivity index (χ1) is 15.3. The van der Waals surface area contributed by atoms with Crippen LogP contribution in [0, 0.1) is 5.92 Å². The summed E-state index contributed by atoms with van der Waals surface area (Å²) >= 11 is 0. The van der Waals surface area contributed by atoms with Gasteiger partial charge in [0.2, 0.25) is 0 Å². The lowest BCUT2D eigenvalue weighted by Gasteiger charge is -2.36. The van der Waals surface area contributed by atoms with Crippen molar-refractivity contribution in [3.05, 3.63) is 46.7 Å². The maximum Gasteiger partial charge on any atom is 0.337 e. The number of methoxy groups -OCH3 is 1. The SMILES string of the molecule is COC(=O)c1ccc(C2C3=C(OC4CCC(F)CC4C3=O)C(=O)N2CCCN(C)C)cc1. The summed E-state index contributed by atoms with van der Waals surface area (Å²) < 4.78 is 24.9. The molecule has 4 rings (SSSR count). The summed E-state index contributed by atoms with van der Waals surface area (Å²) in [4.78, 5) is 42.4. The van der Waals surface area contributed by atoms with Gasteiger partial charge >= 0.3 is 5.97 Å². The molecule has 7 nitrogen and oxygen atoms in total. The van der Waals surface area contributed by atoms with Gasteiger partial charge in [-0.3, -0.25) is 9.59 Å². The third kappa shape index (κ3) is 4.03. The predicted octanol–water partition coefficient (Wildman–Crippen LogP) is 2.67. The summed E-state index contributed by atoms with van der Waals surface area (Å²) in [6, 6.07) is 6.10. The lowest BCUT2D eigenvalue weighted by molar-refractivity contribution is -0.136. The van der Waals surface area contributed by atoms with Crippen LogP contribution in [0.4, 0.5) is 4.39 Å². The van der Waals surface area contributed by atoms with Crippen LogP contribution in [-0.2, 0) is 19.1 Å². The Bertz CT molecular complexity index is 942. The standard InChI is InChI=1S/C24H29FN2O5/c1-26(2)11-4-12-27-20(14-5-7-15(8-6-14)24(30)31-3)19-21(28)17-13-16(25)9-10-18(17)32-22(19)23(27)29/h5-8,16-18,20H,4,9-13H2,1-3H3. The fraction of sp³-hybridized carbons (Fsp3) is 0.542. The van der Waals surface area contributed by atoms with E-state index in [1.54, 1.807) is 29.2 Å². The van der Waals surface area contributed by atoms with Gasteiger partial charge in [-0.1, -0.05) is 12.1 Å². The first kappa shape index (κ1) is 22.5. The van der Waals surface area contributed by atoms with Crippen LogP contribution in [0.5, 0.6) is 0 Å². The van der Waals surface area contributed by atoms with Crippen LogP contribution in [0.15, 0.2) is 35.6 Å². The van der Waals surface area contributed by atoms with Crippen LogP contribution in [0.3, 0.4) is 0 Å². The van der Waals surface area contributed by atoms with Gasteiger partial charge in [-0.25, -0.2) is 9.18 Å². The summed E-state index contributed by atoms with van der Waals surface area (Å²) in [5.41, 5.74) is 1.41. The zero-order valence-corrected chi connectivity index (χ0v) is 18.7. The molecule has 1 amide bonds. The van der Waals surface area contributed by atoms with Crippen LogP contribution in [0.25, 0.3) is 0 Å². The average Bonchev–Trinajstić information content (AvgIpc) is 3.06. The van der Waals surface area contributed by atoms with Gasteiger partial charge in [-0.05, 0) is 64.0 Å². The lowest BCUT2D eigenvalue weighted by atomic mass is 9.77. The Kier molecular flexibility index (Phi) is 6.33. The molecule has 4 unspecified atom stereocenters. The number of ether oxygens (including phenoxy) is 2. The number of Topliss-reactive ketones (excluding diaryl/α,β-unsaturated/α-hetero) is 1. The second-order valence-corrected chi connectivity index (χ2v) is 8.95. The number of ketones is 1. The molecule has 0 N–H and O–H groups in total. The minimum absolute atomic E-state index is 0.112. The van der Waals surface area contributed by atoms with E-state index >= 15 is 0 Å². The molecule has 1 aromatic rings. The van der Waals surface area contributed by atoms with Crippen LogP contribution >= 0.6 is 0 Å². The molecule has 0 saturated heterocycles. The highest BCUT2D eigenvalue weighted by molar-refractivity contribution is 6.11. The molecule has 0 spiro atoms. The summed E-state index contributed by atoms with van der Waals surface area (Å²) in [6.45, 7) is 1.23. The molecule has 3 aliphatic rings. The average molecular weight is 445 g/mol. The number of benzene rings is 1. The van der Waals surface area contributed by atoms with Gasteiger partial charge in [0.15, 0.2) is 11.5 Å². The second kappa shape index (κ2) is 9.02. The van der Waals surface area contributed by atoms with Crippen LogP contribution in [0.1, 0.15) is 47.6 Å². The monoisotopic (exact) mass is 444 g/mol. The van der Waals surface area contributed by atoms with E-state index in [9.17, 15) is 18.8 Å². The molecule has 2 heterocycles. The molecule has 2 aliphatic heterocycles. The van der Waals surface area contributed by atoms with Crippen molar-refractivity contribution in [2.45, 2.75) is 44.0 Å². The zero-order valence-electron chi connectivity index (χ0n) is 18.7. The van der Waals surface area contributed by atoms with Crippen molar-refractivity contribution in [2.75, 3.05) is 34.3 Å². The van der Waals surface area contributed by atoms with Crippen molar-refractivity contribution < 1.29 is 28.2 Å². The molecule has 1 aliphatic carbocycles. The van der Waals surface area contributed by atoms with Crippen molar-refractivity contribution in [1.82, 2.24) is 9.80 Å². The van der Waals surface area contributed by atoms with E-state index in [4.69, 9.17) is 9.47 Å². The molecule has 172 valence electrons. The Labute approximate surface area is 187 Å². The molecule has 0 aromatic heterocycles. The molecular weight excluding hydrogens is 415 g/mol. The number of esters is 1. The quantitative estimate of drug-likeness (QED) is 0.628. The van der Waals surface area contributed by atoms with Crippen molar-refractivity contribution in [1.29, 1.82) is 0 Å². The number of carbonyl (C=O) groups excluding carboxylic acids is 3. The number of hydrogen-bond acceptors (Lipinski definition) is 6. The Morgan fingerprint density at radius 1 is 1.22 bits per heavy atom. The van der Waals surface area contributed by atoms with Gasteiger partial charge in [0.25, 0.3) is 5.91 Å².